The third-order valence-corrected chi connectivity index (χ3v) is 2.60. The lowest BCUT2D eigenvalue weighted by Crippen LogP contribution is -1.79. The maximum Gasteiger partial charge on any atom is 0.240 e. The second kappa shape index (κ2) is 6.33. The molecule has 2 nitrogen and oxygen atoms in total. The fourth-order valence-corrected chi connectivity index (χ4v) is 1.72. The molecule has 0 amide bonds. The zero-order valence-corrected chi connectivity index (χ0v) is 9.91. The Hall–Kier alpha value is -2.44. The second-order valence-corrected chi connectivity index (χ2v) is 3.85. The van der Waals surface area contributed by atoms with Crippen LogP contribution in [0.4, 0.5) is 5.69 Å². The number of hydrogen-bond donors (Lipinski definition) is 0. The highest BCUT2D eigenvalue weighted by atomic mass is 16.1. The molecule has 0 saturated heterocycles. The summed E-state index contributed by atoms with van der Waals surface area (Å²) in [6, 6.07) is 17.7. The van der Waals surface area contributed by atoms with E-state index in [1.165, 1.54) is 5.56 Å². The summed E-state index contributed by atoms with van der Waals surface area (Å²) in [7, 11) is 0. The summed E-state index contributed by atoms with van der Waals surface area (Å²) in [4.78, 5) is 14.0. The first-order valence-corrected chi connectivity index (χ1v) is 5.77. The Morgan fingerprint density at radius 1 is 1.00 bits per heavy atom. The van der Waals surface area contributed by atoms with Crippen LogP contribution in [0, 0.1) is 0 Å². The number of aliphatic imine (C=N–C) groups is 1. The maximum atomic E-state index is 10.3. The summed E-state index contributed by atoms with van der Waals surface area (Å²) in [5, 5.41) is 0. The van der Waals surface area contributed by atoms with Gasteiger partial charge in [-0.25, -0.2) is 4.79 Å². The van der Waals surface area contributed by atoms with Crippen molar-refractivity contribution in [2.45, 2.75) is 6.42 Å². The predicted octanol–water partition coefficient (Wildman–Crippen LogP) is 3.91. The van der Waals surface area contributed by atoms with Gasteiger partial charge in [0.25, 0.3) is 0 Å². The summed E-state index contributed by atoms with van der Waals surface area (Å²) < 4.78 is 0. The largest absolute Gasteiger partial charge is 0.240 e. The molecule has 0 radical (unpaired) electrons. The number of para-hydroxylation sites is 1. The molecule has 0 N–H and O–H groups in total. The van der Waals surface area contributed by atoms with E-state index in [2.05, 4.69) is 23.2 Å². The SMILES string of the molecule is O=C=Nc1ccccc1/C=C/Cc1ccccc1. The van der Waals surface area contributed by atoms with Gasteiger partial charge in [0, 0.05) is 5.56 Å². The summed E-state index contributed by atoms with van der Waals surface area (Å²) in [6.07, 6.45) is 6.47. The van der Waals surface area contributed by atoms with Gasteiger partial charge in [-0.3, -0.25) is 0 Å². The Morgan fingerprint density at radius 3 is 2.50 bits per heavy atom. The molecule has 0 bridgehead atoms. The maximum absolute atomic E-state index is 10.3. The quantitative estimate of drug-likeness (QED) is 0.583. The summed E-state index contributed by atoms with van der Waals surface area (Å²) >= 11 is 0. The Balaban J connectivity index is 2.12. The van der Waals surface area contributed by atoms with E-state index in [0.717, 1.165) is 12.0 Å². The first kappa shape index (κ1) is 12.0. The van der Waals surface area contributed by atoms with Gasteiger partial charge in [-0.1, -0.05) is 60.7 Å². The lowest BCUT2D eigenvalue weighted by atomic mass is 10.1. The Morgan fingerprint density at radius 2 is 1.72 bits per heavy atom. The molecule has 0 heterocycles. The summed E-state index contributed by atoms with van der Waals surface area (Å²) in [5.41, 5.74) is 2.83. The van der Waals surface area contributed by atoms with E-state index in [4.69, 9.17) is 0 Å². The third kappa shape index (κ3) is 3.27. The van der Waals surface area contributed by atoms with Crippen LogP contribution in [-0.2, 0) is 11.2 Å². The van der Waals surface area contributed by atoms with Crippen molar-refractivity contribution in [3.63, 3.8) is 0 Å². The van der Waals surface area contributed by atoms with Crippen LogP contribution in [0.1, 0.15) is 11.1 Å². The molecule has 0 aromatic heterocycles. The van der Waals surface area contributed by atoms with Crippen LogP contribution in [0.5, 0.6) is 0 Å². The molecule has 0 spiro atoms. The molecule has 88 valence electrons. The van der Waals surface area contributed by atoms with Crippen LogP contribution < -0.4 is 0 Å². The smallest absolute Gasteiger partial charge is 0.211 e. The van der Waals surface area contributed by atoms with E-state index < -0.39 is 0 Å². The minimum Gasteiger partial charge on any atom is -0.211 e. The Kier molecular flexibility index (Phi) is 4.23. The van der Waals surface area contributed by atoms with Gasteiger partial charge in [-0.05, 0) is 18.1 Å². The number of allylic oxidation sites excluding steroid dienone is 1. The van der Waals surface area contributed by atoms with Crippen molar-refractivity contribution in [1.29, 1.82) is 0 Å². The van der Waals surface area contributed by atoms with Crippen LogP contribution >= 0.6 is 0 Å². The number of isocyanates is 1. The molecule has 18 heavy (non-hydrogen) atoms. The zero-order chi connectivity index (χ0) is 12.6. The fourth-order valence-electron chi connectivity index (χ4n) is 1.72. The zero-order valence-electron chi connectivity index (χ0n) is 9.91. The van der Waals surface area contributed by atoms with Crippen LogP contribution in [0.2, 0.25) is 0 Å². The van der Waals surface area contributed by atoms with Gasteiger partial charge in [0.2, 0.25) is 6.08 Å². The van der Waals surface area contributed by atoms with Crippen LogP contribution in [0.3, 0.4) is 0 Å². The molecular formula is C16H13NO. The van der Waals surface area contributed by atoms with Gasteiger partial charge in [-0.15, -0.1) is 0 Å². The highest BCUT2D eigenvalue weighted by Gasteiger charge is 1.95. The molecule has 0 aliphatic carbocycles. The van der Waals surface area contributed by atoms with Gasteiger partial charge < -0.3 is 0 Å². The van der Waals surface area contributed by atoms with Crippen molar-refractivity contribution in [3.05, 3.63) is 71.8 Å². The van der Waals surface area contributed by atoms with Crippen LogP contribution in [0.25, 0.3) is 6.08 Å². The standard InChI is InChI=1S/C16H13NO/c18-13-17-16-12-5-4-10-15(16)11-6-9-14-7-2-1-3-8-14/h1-8,10-12H,9H2/b11-6+. The Labute approximate surface area is 106 Å². The van der Waals surface area contributed by atoms with Crippen molar-refractivity contribution < 1.29 is 4.79 Å². The molecular weight excluding hydrogens is 222 g/mol. The van der Waals surface area contributed by atoms with Crippen molar-refractivity contribution >= 4 is 17.8 Å². The molecule has 0 fully saturated rings. The molecule has 2 aromatic rings. The highest BCUT2D eigenvalue weighted by molar-refractivity contribution is 5.66. The first-order valence-electron chi connectivity index (χ1n) is 5.77. The monoisotopic (exact) mass is 235 g/mol. The van der Waals surface area contributed by atoms with E-state index >= 15 is 0 Å². The number of benzene rings is 2. The topological polar surface area (TPSA) is 29.4 Å². The number of nitrogens with zero attached hydrogens (tertiary/aromatic N) is 1. The van der Waals surface area contributed by atoms with Gasteiger partial charge in [0.05, 0.1) is 5.69 Å². The van der Waals surface area contributed by atoms with E-state index in [9.17, 15) is 4.79 Å². The van der Waals surface area contributed by atoms with Gasteiger partial charge in [0.1, 0.15) is 0 Å². The summed E-state index contributed by atoms with van der Waals surface area (Å²) in [6.45, 7) is 0. The Bertz CT molecular complexity index is 581. The van der Waals surface area contributed by atoms with E-state index in [1.807, 2.05) is 42.5 Å². The molecule has 0 aliphatic heterocycles. The molecule has 0 aliphatic rings. The molecule has 0 unspecified atom stereocenters. The predicted molar refractivity (Wildman–Crippen MR) is 73.4 cm³/mol. The number of carbonyl (C=O) groups excluding carboxylic acids is 1. The van der Waals surface area contributed by atoms with E-state index in [-0.39, 0.29) is 0 Å². The molecule has 0 atom stereocenters. The van der Waals surface area contributed by atoms with Gasteiger partial charge in [-0.2, -0.15) is 4.99 Å². The minimum absolute atomic E-state index is 0.650. The van der Waals surface area contributed by atoms with Crippen molar-refractivity contribution in [1.82, 2.24) is 0 Å². The fraction of sp³-hybridized carbons (Fsp3) is 0.0625. The van der Waals surface area contributed by atoms with E-state index in [0.29, 0.717) is 5.69 Å². The van der Waals surface area contributed by atoms with Crippen LogP contribution in [-0.4, -0.2) is 6.08 Å². The highest BCUT2D eigenvalue weighted by Crippen LogP contribution is 2.19. The first-order chi connectivity index (χ1) is 8.90. The average Bonchev–Trinajstić information content (AvgIpc) is 2.42. The van der Waals surface area contributed by atoms with Crippen LogP contribution in [0.15, 0.2) is 65.7 Å². The van der Waals surface area contributed by atoms with Gasteiger partial charge in [0.15, 0.2) is 0 Å². The molecule has 0 saturated carbocycles. The number of hydrogen-bond acceptors (Lipinski definition) is 2. The molecule has 2 aromatic carbocycles. The second-order valence-electron chi connectivity index (χ2n) is 3.85. The lowest BCUT2D eigenvalue weighted by Gasteiger charge is -1.98. The van der Waals surface area contributed by atoms with Crippen molar-refractivity contribution in [2.24, 2.45) is 4.99 Å². The van der Waals surface area contributed by atoms with Gasteiger partial charge >= 0.3 is 0 Å². The average molecular weight is 235 g/mol. The minimum atomic E-state index is 0.650. The number of rotatable bonds is 4. The summed E-state index contributed by atoms with van der Waals surface area (Å²) in [5.74, 6) is 0. The third-order valence-electron chi connectivity index (χ3n) is 2.60. The van der Waals surface area contributed by atoms with E-state index in [1.54, 1.807) is 12.1 Å². The van der Waals surface area contributed by atoms with Crippen molar-refractivity contribution in [2.75, 3.05) is 0 Å². The molecule has 2 heteroatoms. The normalized spacial score (nSPS) is 10.2. The lowest BCUT2D eigenvalue weighted by molar-refractivity contribution is 0.565. The molecule has 2 rings (SSSR count). The van der Waals surface area contributed by atoms with Crippen molar-refractivity contribution in [3.8, 4) is 0 Å².